The predicted molar refractivity (Wildman–Crippen MR) is 99.2 cm³/mol. The number of hydrogen-bond acceptors (Lipinski definition) is 4. The van der Waals surface area contributed by atoms with Crippen LogP contribution < -0.4 is 15.2 Å². The van der Waals surface area contributed by atoms with E-state index in [1.165, 1.54) is 5.57 Å². The number of hydrogen-bond donors (Lipinski definition) is 0. The van der Waals surface area contributed by atoms with Crippen molar-refractivity contribution in [3.05, 3.63) is 58.7 Å². The second-order valence-corrected chi connectivity index (χ2v) is 6.55. The number of anilines is 1. The lowest BCUT2D eigenvalue weighted by Gasteiger charge is -2.27. The number of ether oxygens (including phenoxy) is 1. The molecule has 25 heavy (non-hydrogen) atoms. The van der Waals surface area contributed by atoms with E-state index in [9.17, 15) is 4.79 Å². The van der Waals surface area contributed by atoms with Gasteiger partial charge < -0.3 is 14.2 Å². The van der Waals surface area contributed by atoms with E-state index in [4.69, 9.17) is 4.74 Å². The summed E-state index contributed by atoms with van der Waals surface area (Å²) in [6.07, 6.45) is 8.83. The Balaban J connectivity index is 1.57. The molecule has 0 N–H and O–H groups in total. The molecule has 1 aliphatic heterocycles. The first-order chi connectivity index (χ1) is 12.3. The minimum Gasteiger partial charge on any atom is -0.493 e. The molecule has 0 unspecified atom stereocenters. The molecule has 0 saturated heterocycles. The third-order valence-corrected chi connectivity index (χ3v) is 4.83. The second kappa shape index (κ2) is 6.75. The molecular weight excluding hydrogens is 314 g/mol. The number of benzene rings is 1. The van der Waals surface area contributed by atoms with E-state index in [-0.39, 0.29) is 5.56 Å². The van der Waals surface area contributed by atoms with Gasteiger partial charge in [-0.3, -0.25) is 4.79 Å². The minimum absolute atomic E-state index is 0.0385. The number of aromatic nitrogens is 2. The monoisotopic (exact) mass is 337 g/mol. The van der Waals surface area contributed by atoms with Crippen LogP contribution in [-0.4, -0.2) is 29.2 Å². The largest absolute Gasteiger partial charge is 0.493 e. The highest BCUT2D eigenvalue weighted by molar-refractivity contribution is 5.72. The van der Waals surface area contributed by atoms with Gasteiger partial charge in [-0.25, -0.2) is 4.98 Å². The standard InChI is InChI=1S/C20H23N3O2/c1-2-25-18-6-4-3-5-17(18)15-9-12-22(13-10-15)19-20(24)23(14-11-21-19)16-7-8-16/h3-6,9,11,14,16H,2,7-8,10,12-13H2,1H3. The first kappa shape index (κ1) is 15.9. The smallest absolute Gasteiger partial charge is 0.293 e. The molecule has 130 valence electrons. The molecular formula is C20H23N3O2. The highest BCUT2D eigenvalue weighted by Crippen LogP contribution is 2.34. The fraction of sp³-hybridized carbons (Fsp3) is 0.400. The van der Waals surface area contributed by atoms with Crippen LogP contribution in [0.4, 0.5) is 5.82 Å². The van der Waals surface area contributed by atoms with Gasteiger partial charge in [0.05, 0.1) is 6.61 Å². The van der Waals surface area contributed by atoms with Crippen LogP contribution in [0.5, 0.6) is 5.75 Å². The quantitative estimate of drug-likeness (QED) is 0.840. The zero-order valence-corrected chi connectivity index (χ0v) is 14.5. The van der Waals surface area contributed by atoms with Crippen LogP contribution in [-0.2, 0) is 0 Å². The Labute approximate surface area is 147 Å². The maximum Gasteiger partial charge on any atom is 0.293 e. The topological polar surface area (TPSA) is 47.4 Å². The molecule has 1 aromatic carbocycles. The van der Waals surface area contributed by atoms with E-state index in [0.29, 0.717) is 25.0 Å². The zero-order chi connectivity index (χ0) is 17.2. The van der Waals surface area contributed by atoms with Crippen LogP contribution in [0, 0.1) is 0 Å². The summed E-state index contributed by atoms with van der Waals surface area (Å²) in [4.78, 5) is 19.1. The maximum absolute atomic E-state index is 12.7. The molecule has 0 atom stereocenters. The highest BCUT2D eigenvalue weighted by Gasteiger charge is 2.27. The van der Waals surface area contributed by atoms with Crippen molar-refractivity contribution in [3.8, 4) is 5.75 Å². The van der Waals surface area contributed by atoms with Crippen molar-refractivity contribution in [2.24, 2.45) is 0 Å². The van der Waals surface area contributed by atoms with Crippen molar-refractivity contribution in [2.45, 2.75) is 32.2 Å². The van der Waals surface area contributed by atoms with Gasteiger partial charge in [-0.2, -0.15) is 0 Å². The molecule has 1 aromatic heterocycles. The lowest BCUT2D eigenvalue weighted by atomic mass is 9.98. The number of rotatable bonds is 5. The summed E-state index contributed by atoms with van der Waals surface area (Å²) in [6.45, 7) is 4.15. The van der Waals surface area contributed by atoms with Gasteiger partial charge in [-0.15, -0.1) is 0 Å². The van der Waals surface area contributed by atoms with Crippen LogP contribution in [0.3, 0.4) is 0 Å². The van der Waals surface area contributed by atoms with Gasteiger partial charge >= 0.3 is 0 Å². The Bertz CT molecular complexity index is 852. The van der Waals surface area contributed by atoms with Gasteiger partial charge in [-0.1, -0.05) is 24.3 Å². The normalized spacial score (nSPS) is 17.3. The Morgan fingerprint density at radius 2 is 2.12 bits per heavy atom. The van der Waals surface area contributed by atoms with Crippen LogP contribution in [0.2, 0.25) is 0 Å². The number of nitrogens with zero attached hydrogens (tertiary/aromatic N) is 3. The molecule has 0 radical (unpaired) electrons. The molecule has 2 heterocycles. The van der Waals surface area contributed by atoms with Gasteiger partial charge in [0.25, 0.3) is 5.56 Å². The molecule has 1 aliphatic carbocycles. The average molecular weight is 337 g/mol. The molecule has 0 bridgehead atoms. The van der Waals surface area contributed by atoms with Crippen molar-refractivity contribution >= 4 is 11.4 Å². The Morgan fingerprint density at radius 3 is 2.84 bits per heavy atom. The third-order valence-electron chi connectivity index (χ3n) is 4.83. The molecule has 2 aliphatic rings. The minimum atomic E-state index is 0.0385. The molecule has 0 spiro atoms. The molecule has 5 heteroatoms. The molecule has 1 saturated carbocycles. The lowest BCUT2D eigenvalue weighted by molar-refractivity contribution is 0.339. The lowest BCUT2D eigenvalue weighted by Crippen LogP contribution is -2.36. The van der Waals surface area contributed by atoms with Gasteiger partial charge in [0.2, 0.25) is 0 Å². The van der Waals surface area contributed by atoms with E-state index >= 15 is 0 Å². The Kier molecular flexibility index (Phi) is 4.30. The maximum atomic E-state index is 12.7. The number of para-hydroxylation sites is 1. The average Bonchev–Trinajstić information content (AvgIpc) is 3.48. The Hall–Kier alpha value is -2.56. The van der Waals surface area contributed by atoms with E-state index in [0.717, 1.165) is 37.1 Å². The Morgan fingerprint density at radius 1 is 1.28 bits per heavy atom. The second-order valence-electron chi connectivity index (χ2n) is 6.55. The van der Waals surface area contributed by atoms with E-state index < -0.39 is 0 Å². The molecule has 0 amide bonds. The summed E-state index contributed by atoms with van der Waals surface area (Å²) in [5.41, 5.74) is 2.47. The van der Waals surface area contributed by atoms with Crippen LogP contribution in [0.1, 0.15) is 37.8 Å². The molecule has 1 fully saturated rings. The van der Waals surface area contributed by atoms with Crippen LogP contribution >= 0.6 is 0 Å². The molecule has 5 nitrogen and oxygen atoms in total. The molecule has 2 aromatic rings. The van der Waals surface area contributed by atoms with Gasteiger partial charge in [-0.05, 0) is 37.8 Å². The van der Waals surface area contributed by atoms with Gasteiger partial charge in [0, 0.05) is 37.1 Å². The summed E-state index contributed by atoms with van der Waals surface area (Å²) < 4.78 is 7.59. The van der Waals surface area contributed by atoms with Crippen molar-refractivity contribution in [2.75, 3.05) is 24.6 Å². The van der Waals surface area contributed by atoms with E-state index in [1.807, 2.05) is 35.9 Å². The van der Waals surface area contributed by atoms with Crippen molar-refractivity contribution < 1.29 is 4.74 Å². The summed E-state index contributed by atoms with van der Waals surface area (Å²) in [5.74, 6) is 1.50. The zero-order valence-electron chi connectivity index (χ0n) is 14.5. The van der Waals surface area contributed by atoms with Gasteiger partial charge in [0.15, 0.2) is 5.82 Å². The van der Waals surface area contributed by atoms with E-state index in [1.54, 1.807) is 6.20 Å². The SMILES string of the molecule is CCOc1ccccc1C1=CCN(c2nccn(C3CC3)c2=O)CC1. The highest BCUT2D eigenvalue weighted by atomic mass is 16.5. The van der Waals surface area contributed by atoms with Crippen LogP contribution in [0.15, 0.2) is 47.5 Å². The summed E-state index contributed by atoms with van der Waals surface area (Å²) in [7, 11) is 0. The first-order valence-electron chi connectivity index (χ1n) is 9.01. The summed E-state index contributed by atoms with van der Waals surface area (Å²) in [6, 6.07) is 8.53. The fourth-order valence-electron chi connectivity index (χ4n) is 3.39. The molecule has 4 rings (SSSR count). The summed E-state index contributed by atoms with van der Waals surface area (Å²) in [5, 5.41) is 0. The predicted octanol–water partition coefficient (Wildman–Crippen LogP) is 3.27. The fourth-order valence-corrected chi connectivity index (χ4v) is 3.39. The van der Waals surface area contributed by atoms with E-state index in [2.05, 4.69) is 22.0 Å². The van der Waals surface area contributed by atoms with Crippen molar-refractivity contribution in [1.82, 2.24) is 9.55 Å². The van der Waals surface area contributed by atoms with Gasteiger partial charge in [0.1, 0.15) is 5.75 Å². The summed E-state index contributed by atoms with van der Waals surface area (Å²) >= 11 is 0. The first-order valence-corrected chi connectivity index (χ1v) is 9.01. The van der Waals surface area contributed by atoms with Crippen LogP contribution in [0.25, 0.3) is 5.57 Å². The third kappa shape index (κ3) is 3.18. The van der Waals surface area contributed by atoms with Crippen molar-refractivity contribution in [3.63, 3.8) is 0 Å². The van der Waals surface area contributed by atoms with Crippen molar-refractivity contribution in [1.29, 1.82) is 0 Å².